The largest absolute Gasteiger partial charge is 0.356 e. The van der Waals surface area contributed by atoms with E-state index in [1.165, 1.54) is 0 Å². The first-order chi connectivity index (χ1) is 4.29. The van der Waals surface area contributed by atoms with E-state index in [1.807, 2.05) is 0 Å². The molecule has 1 saturated heterocycles. The number of carbonyl (C=O) groups is 1. The summed E-state index contributed by atoms with van der Waals surface area (Å²) >= 11 is 0. The van der Waals surface area contributed by atoms with Gasteiger partial charge >= 0.3 is 0 Å². The molecule has 1 atom stereocenters. The second-order valence-corrected chi connectivity index (χ2v) is 2.27. The van der Waals surface area contributed by atoms with Gasteiger partial charge in [-0.2, -0.15) is 0 Å². The molecule has 1 N–H and O–H groups in total. The van der Waals surface area contributed by atoms with Crippen LogP contribution in [0.15, 0.2) is 0 Å². The van der Waals surface area contributed by atoms with Gasteiger partial charge in [0.15, 0.2) is 0 Å². The van der Waals surface area contributed by atoms with Crippen LogP contribution in [0.5, 0.6) is 0 Å². The van der Waals surface area contributed by atoms with Gasteiger partial charge in [0.05, 0.1) is 0 Å². The van der Waals surface area contributed by atoms with Crippen LogP contribution >= 0.6 is 0 Å². The Morgan fingerprint density at radius 1 is 1.56 bits per heavy atom. The van der Waals surface area contributed by atoms with E-state index in [1.54, 1.807) is 0 Å². The van der Waals surface area contributed by atoms with Gasteiger partial charge in [0.1, 0.15) is 6.17 Å². The maximum Gasteiger partial charge on any atom is 0.220 e. The van der Waals surface area contributed by atoms with Gasteiger partial charge in [-0.3, -0.25) is 4.79 Å². The summed E-state index contributed by atoms with van der Waals surface area (Å²) in [5.74, 6) is -0.0184. The second-order valence-electron chi connectivity index (χ2n) is 2.27. The molecular weight excluding hydrogens is 121 g/mol. The van der Waals surface area contributed by atoms with Crippen LogP contribution < -0.4 is 5.32 Å². The fraction of sp³-hybridized carbons (Fsp3) is 0.833. The summed E-state index contributed by atoms with van der Waals surface area (Å²) in [4.78, 5) is 10.6. The van der Waals surface area contributed by atoms with Crippen molar-refractivity contribution in [1.82, 2.24) is 5.32 Å². The zero-order valence-electron chi connectivity index (χ0n) is 5.19. The molecule has 0 aliphatic carbocycles. The maximum atomic E-state index is 12.4. The van der Waals surface area contributed by atoms with Crippen LogP contribution in [0, 0.1) is 0 Å². The Morgan fingerprint density at radius 2 is 2.33 bits per heavy atom. The Kier molecular flexibility index (Phi) is 2.03. The molecule has 0 aromatic carbocycles. The molecule has 52 valence electrons. The second kappa shape index (κ2) is 2.80. The van der Waals surface area contributed by atoms with Crippen LogP contribution in [0.25, 0.3) is 0 Å². The molecule has 0 aromatic heterocycles. The van der Waals surface area contributed by atoms with E-state index in [0.717, 1.165) is 0 Å². The SMILES string of the molecule is O=C1CCC(F)CCN1. The van der Waals surface area contributed by atoms with E-state index in [4.69, 9.17) is 0 Å². The molecule has 0 radical (unpaired) electrons. The molecule has 0 spiro atoms. The monoisotopic (exact) mass is 131 g/mol. The molecule has 1 rings (SSSR count). The third kappa shape index (κ3) is 2.00. The van der Waals surface area contributed by atoms with Crippen LogP contribution in [0.3, 0.4) is 0 Å². The number of hydrogen-bond acceptors (Lipinski definition) is 1. The van der Waals surface area contributed by atoms with E-state index in [-0.39, 0.29) is 5.91 Å². The molecule has 1 aliphatic rings. The summed E-state index contributed by atoms with van der Waals surface area (Å²) in [5, 5.41) is 2.60. The van der Waals surface area contributed by atoms with Crippen molar-refractivity contribution in [3.8, 4) is 0 Å². The van der Waals surface area contributed by atoms with Gasteiger partial charge in [0.25, 0.3) is 0 Å². The zero-order chi connectivity index (χ0) is 6.69. The molecule has 1 heterocycles. The molecule has 1 unspecified atom stereocenters. The fourth-order valence-electron chi connectivity index (χ4n) is 0.889. The van der Waals surface area contributed by atoms with Gasteiger partial charge < -0.3 is 5.32 Å². The molecular formula is C6H10FNO. The highest BCUT2D eigenvalue weighted by Crippen LogP contribution is 2.08. The Hall–Kier alpha value is -0.600. The quantitative estimate of drug-likeness (QED) is 0.513. The number of nitrogens with one attached hydrogen (secondary N) is 1. The molecule has 0 bridgehead atoms. The number of carbonyl (C=O) groups excluding carboxylic acids is 1. The van der Waals surface area contributed by atoms with Crippen molar-refractivity contribution in [3.05, 3.63) is 0 Å². The Bertz CT molecular complexity index is 116. The highest BCUT2D eigenvalue weighted by molar-refractivity contribution is 5.76. The topological polar surface area (TPSA) is 29.1 Å². The predicted molar refractivity (Wildman–Crippen MR) is 31.8 cm³/mol. The van der Waals surface area contributed by atoms with Gasteiger partial charge in [-0.05, 0) is 12.8 Å². The lowest BCUT2D eigenvalue weighted by Crippen LogP contribution is -2.21. The van der Waals surface area contributed by atoms with Crippen LogP contribution in [-0.2, 0) is 4.79 Å². The van der Waals surface area contributed by atoms with Gasteiger partial charge in [0, 0.05) is 13.0 Å². The molecule has 0 saturated carbocycles. The summed E-state index contributed by atoms with van der Waals surface area (Å²) in [6.45, 7) is 0.500. The molecule has 3 heteroatoms. The fourth-order valence-corrected chi connectivity index (χ4v) is 0.889. The zero-order valence-corrected chi connectivity index (χ0v) is 5.19. The molecule has 0 aromatic rings. The number of alkyl halides is 1. The number of hydrogen-bond donors (Lipinski definition) is 1. The minimum atomic E-state index is -0.774. The normalized spacial score (nSPS) is 29.0. The summed E-state index contributed by atoms with van der Waals surface area (Å²) in [6.07, 6.45) is 0.447. The predicted octanol–water partition coefficient (Wildman–Crippen LogP) is 0.625. The third-order valence-electron chi connectivity index (χ3n) is 1.46. The lowest BCUT2D eigenvalue weighted by atomic mass is 10.2. The average molecular weight is 131 g/mol. The molecule has 1 amide bonds. The van der Waals surface area contributed by atoms with Crippen LogP contribution in [0.1, 0.15) is 19.3 Å². The van der Waals surface area contributed by atoms with Crippen molar-refractivity contribution in [1.29, 1.82) is 0 Å². The van der Waals surface area contributed by atoms with E-state index >= 15 is 0 Å². The van der Waals surface area contributed by atoms with E-state index in [2.05, 4.69) is 5.32 Å². The Morgan fingerprint density at radius 3 is 3.11 bits per heavy atom. The Balaban J connectivity index is 2.34. The first-order valence-electron chi connectivity index (χ1n) is 3.20. The maximum absolute atomic E-state index is 12.4. The van der Waals surface area contributed by atoms with E-state index in [9.17, 15) is 9.18 Å². The van der Waals surface area contributed by atoms with Crippen LogP contribution in [0.2, 0.25) is 0 Å². The minimum absolute atomic E-state index is 0.0184. The standard InChI is InChI=1S/C6H10FNO/c7-5-1-2-6(9)8-4-3-5/h5H,1-4H2,(H,8,9). The molecule has 2 nitrogen and oxygen atoms in total. The minimum Gasteiger partial charge on any atom is -0.356 e. The van der Waals surface area contributed by atoms with Gasteiger partial charge in [-0.15, -0.1) is 0 Å². The summed E-state index contributed by atoms with van der Waals surface area (Å²) in [6, 6.07) is 0. The summed E-state index contributed by atoms with van der Waals surface area (Å²) in [7, 11) is 0. The molecule has 1 aliphatic heterocycles. The van der Waals surface area contributed by atoms with Crippen molar-refractivity contribution in [3.63, 3.8) is 0 Å². The molecule has 1 fully saturated rings. The van der Waals surface area contributed by atoms with Crippen molar-refractivity contribution >= 4 is 5.91 Å². The molecule has 9 heavy (non-hydrogen) atoms. The number of rotatable bonds is 0. The van der Waals surface area contributed by atoms with Crippen molar-refractivity contribution in [2.45, 2.75) is 25.4 Å². The first kappa shape index (κ1) is 6.52. The van der Waals surface area contributed by atoms with Crippen LogP contribution in [-0.4, -0.2) is 18.6 Å². The number of amides is 1. The van der Waals surface area contributed by atoms with Crippen molar-refractivity contribution in [2.24, 2.45) is 0 Å². The van der Waals surface area contributed by atoms with Crippen LogP contribution in [0.4, 0.5) is 4.39 Å². The van der Waals surface area contributed by atoms with Gasteiger partial charge in [0.2, 0.25) is 5.91 Å². The van der Waals surface area contributed by atoms with Gasteiger partial charge in [-0.1, -0.05) is 0 Å². The summed E-state index contributed by atoms with van der Waals surface area (Å²) < 4.78 is 12.4. The lowest BCUT2D eigenvalue weighted by Gasteiger charge is -1.97. The lowest BCUT2D eigenvalue weighted by molar-refractivity contribution is -0.120. The third-order valence-corrected chi connectivity index (χ3v) is 1.46. The smallest absolute Gasteiger partial charge is 0.220 e. The van der Waals surface area contributed by atoms with Crippen molar-refractivity contribution < 1.29 is 9.18 Å². The van der Waals surface area contributed by atoms with E-state index < -0.39 is 6.17 Å². The van der Waals surface area contributed by atoms with Crippen molar-refractivity contribution in [2.75, 3.05) is 6.54 Å². The van der Waals surface area contributed by atoms with Gasteiger partial charge in [-0.25, -0.2) is 4.39 Å². The Labute approximate surface area is 53.4 Å². The van der Waals surface area contributed by atoms with E-state index in [0.29, 0.717) is 25.8 Å². The summed E-state index contributed by atoms with van der Waals surface area (Å²) in [5.41, 5.74) is 0. The number of halogens is 1. The highest BCUT2D eigenvalue weighted by atomic mass is 19.1. The highest BCUT2D eigenvalue weighted by Gasteiger charge is 2.13. The first-order valence-corrected chi connectivity index (χ1v) is 3.20. The average Bonchev–Trinajstić information content (AvgIpc) is 1.97.